The molecule has 1 aromatic rings. The van der Waals surface area contributed by atoms with Gasteiger partial charge >= 0.3 is 11.9 Å². The quantitative estimate of drug-likeness (QED) is 0.677. The highest BCUT2D eigenvalue weighted by Gasteiger charge is 2.36. The Morgan fingerprint density at radius 2 is 2.05 bits per heavy atom. The third-order valence-electron chi connectivity index (χ3n) is 2.55. The van der Waals surface area contributed by atoms with E-state index in [-0.39, 0.29) is 5.70 Å². The highest BCUT2D eigenvalue weighted by molar-refractivity contribution is 5.89. The van der Waals surface area contributed by atoms with E-state index < -0.39 is 17.7 Å². The van der Waals surface area contributed by atoms with E-state index in [9.17, 15) is 9.90 Å². The monoisotopic (exact) mass is 277 g/mol. The van der Waals surface area contributed by atoms with Crippen LogP contribution in [0.1, 0.15) is 26.3 Å². The number of cyclic esters (lactones) is 1. The van der Waals surface area contributed by atoms with Crippen molar-refractivity contribution in [3.05, 3.63) is 35.5 Å². The molecule has 0 saturated carbocycles. The van der Waals surface area contributed by atoms with Crippen molar-refractivity contribution in [2.24, 2.45) is 10.2 Å². The fourth-order valence-corrected chi connectivity index (χ4v) is 1.53. The summed E-state index contributed by atoms with van der Waals surface area (Å²) in [6.07, 6.45) is 2.53. The lowest BCUT2D eigenvalue weighted by atomic mass is 10.2. The summed E-state index contributed by atoms with van der Waals surface area (Å²) in [4.78, 5) is 15.7. The molecule has 1 aromatic heterocycles. The minimum atomic E-state index is -1.22. The Kier molecular flexibility index (Phi) is 3.69. The van der Waals surface area contributed by atoms with Crippen molar-refractivity contribution in [3.63, 3.8) is 0 Å². The number of pyridine rings is 1. The highest BCUT2D eigenvalue weighted by atomic mass is 16.8. The first-order valence-electron chi connectivity index (χ1n) is 6.13. The smallest absolute Gasteiger partial charge is 0.369 e. The van der Waals surface area contributed by atoms with Crippen LogP contribution in [0.15, 0.2) is 40.2 Å². The van der Waals surface area contributed by atoms with E-state index in [0.29, 0.717) is 5.82 Å². The van der Waals surface area contributed by atoms with Crippen LogP contribution in [0.2, 0.25) is 0 Å². The first-order chi connectivity index (χ1) is 9.41. The molecule has 0 atom stereocenters. The second-order valence-electron chi connectivity index (χ2n) is 4.62. The van der Waals surface area contributed by atoms with Gasteiger partial charge in [-0.2, -0.15) is 0 Å². The topological polar surface area (TPSA) is 93.4 Å². The van der Waals surface area contributed by atoms with E-state index in [1.54, 1.807) is 12.3 Å². The van der Waals surface area contributed by atoms with Crippen LogP contribution in [0.25, 0.3) is 0 Å². The molecule has 0 fully saturated rings. The summed E-state index contributed by atoms with van der Waals surface area (Å²) in [6.45, 7) is 5.01. The number of rotatable bonds is 3. The number of azo groups is 1. The average molecular weight is 277 g/mol. The molecule has 7 nitrogen and oxygen atoms in total. The van der Waals surface area contributed by atoms with Crippen LogP contribution in [-0.4, -0.2) is 21.8 Å². The summed E-state index contributed by atoms with van der Waals surface area (Å²) in [5.41, 5.74) is 0.680. The Balaban J connectivity index is 2.19. The fraction of sp³-hybridized carbons (Fsp3) is 0.385. The Morgan fingerprint density at radius 1 is 1.30 bits per heavy atom. The van der Waals surface area contributed by atoms with Gasteiger partial charge in [0.05, 0.1) is 0 Å². The maximum Gasteiger partial charge on any atom is 0.369 e. The van der Waals surface area contributed by atoms with Gasteiger partial charge < -0.3 is 14.6 Å². The maximum absolute atomic E-state index is 11.6. The van der Waals surface area contributed by atoms with Crippen molar-refractivity contribution < 1.29 is 19.4 Å². The summed E-state index contributed by atoms with van der Waals surface area (Å²) in [5.74, 6) is -2.31. The van der Waals surface area contributed by atoms with Gasteiger partial charge in [-0.1, -0.05) is 13.0 Å². The van der Waals surface area contributed by atoms with Gasteiger partial charge in [0, 0.05) is 20.0 Å². The van der Waals surface area contributed by atoms with Gasteiger partial charge in [-0.25, -0.2) is 9.78 Å². The number of aromatic nitrogens is 1. The summed E-state index contributed by atoms with van der Waals surface area (Å²) in [6, 6.07) is 3.52. The number of carbonyl (C=O) groups excluding carboxylic acids is 1. The van der Waals surface area contributed by atoms with Crippen LogP contribution in [0, 0.1) is 0 Å². The fourth-order valence-electron chi connectivity index (χ4n) is 1.53. The maximum atomic E-state index is 11.6. The van der Waals surface area contributed by atoms with Crippen LogP contribution in [0.3, 0.4) is 0 Å². The number of ether oxygens (including phenoxy) is 2. The number of hydrogen-bond acceptors (Lipinski definition) is 7. The summed E-state index contributed by atoms with van der Waals surface area (Å²) < 4.78 is 9.93. The lowest BCUT2D eigenvalue weighted by Gasteiger charge is -2.28. The molecule has 7 heteroatoms. The van der Waals surface area contributed by atoms with Crippen LogP contribution in [-0.2, 0) is 20.7 Å². The van der Waals surface area contributed by atoms with Crippen molar-refractivity contribution in [2.45, 2.75) is 33.0 Å². The van der Waals surface area contributed by atoms with Gasteiger partial charge in [0.15, 0.2) is 5.82 Å². The molecule has 20 heavy (non-hydrogen) atoms. The molecule has 0 amide bonds. The Bertz CT molecular complexity index is 576. The number of nitrogens with zero attached hydrogens (tertiary/aromatic N) is 3. The number of esters is 1. The molecule has 106 valence electrons. The molecule has 0 bridgehead atoms. The highest BCUT2D eigenvalue weighted by Crippen LogP contribution is 2.26. The molecule has 2 heterocycles. The number of carbonyl (C=O) groups is 1. The number of aliphatic hydroxyl groups excluding tert-OH is 1. The first kappa shape index (κ1) is 14.0. The molecular formula is C13H15N3O4. The van der Waals surface area contributed by atoms with Crippen LogP contribution < -0.4 is 0 Å². The molecule has 1 aliphatic rings. The van der Waals surface area contributed by atoms with Gasteiger partial charge in [0.1, 0.15) is 0 Å². The van der Waals surface area contributed by atoms with Crippen molar-refractivity contribution in [1.29, 1.82) is 0 Å². The van der Waals surface area contributed by atoms with E-state index >= 15 is 0 Å². The average Bonchev–Trinajstić information content (AvgIpc) is 2.37. The largest absolute Gasteiger partial charge is 0.479 e. The zero-order valence-electron chi connectivity index (χ0n) is 11.5. The molecule has 0 radical (unpaired) electrons. The molecule has 1 aliphatic heterocycles. The predicted molar refractivity (Wildman–Crippen MR) is 69.0 cm³/mol. The zero-order chi connectivity index (χ0) is 14.8. The van der Waals surface area contributed by atoms with E-state index in [1.807, 2.05) is 13.0 Å². The van der Waals surface area contributed by atoms with Gasteiger partial charge in [0.25, 0.3) is 11.5 Å². The van der Waals surface area contributed by atoms with E-state index in [4.69, 9.17) is 9.47 Å². The van der Waals surface area contributed by atoms with Crippen LogP contribution in [0.4, 0.5) is 5.82 Å². The molecule has 0 unspecified atom stereocenters. The SMILES string of the molecule is CCc1ccc(N=NC2=C(O)OC(C)(C)OC2=O)nc1. The number of aliphatic hydroxyl groups is 1. The molecule has 1 N–H and O–H groups in total. The summed E-state index contributed by atoms with van der Waals surface area (Å²) in [5, 5.41) is 17.0. The van der Waals surface area contributed by atoms with Gasteiger partial charge in [-0.05, 0) is 18.1 Å². The second-order valence-corrected chi connectivity index (χ2v) is 4.62. The lowest BCUT2D eigenvalue weighted by molar-refractivity contribution is -0.222. The number of hydrogen-bond donors (Lipinski definition) is 1. The molecule has 0 aromatic carbocycles. The third kappa shape index (κ3) is 3.11. The van der Waals surface area contributed by atoms with E-state index in [2.05, 4.69) is 15.2 Å². The lowest BCUT2D eigenvalue weighted by Crippen LogP contribution is -2.36. The van der Waals surface area contributed by atoms with Gasteiger partial charge in [-0.15, -0.1) is 10.2 Å². The Labute approximate surface area is 116 Å². The second kappa shape index (κ2) is 5.28. The van der Waals surface area contributed by atoms with Gasteiger partial charge in [-0.3, -0.25) is 0 Å². The molecule has 0 saturated heterocycles. The zero-order valence-corrected chi connectivity index (χ0v) is 11.5. The normalized spacial score (nSPS) is 18.1. The minimum Gasteiger partial charge on any atom is -0.479 e. The molecular weight excluding hydrogens is 262 g/mol. The molecule has 0 aliphatic carbocycles. The van der Waals surface area contributed by atoms with E-state index in [0.717, 1.165) is 12.0 Å². The number of aryl methyl sites for hydroxylation is 1. The van der Waals surface area contributed by atoms with Crippen molar-refractivity contribution >= 4 is 11.8 Å². The predicted octanol–water partition coefficient (Wildman–Crippen LogP) is 2.76. The van der Waals surface area contributed by atoms with E-state index in [1.165, 1.54) is 13.8 Å². The van der Waals surface area contributed by atoms with Crippen molar-refractivity contribution in [2.75, 3.05) is 0 Å². The first-order valence-corrected chi connectivity index (χ1v) is 6.13. The Hall–Kier alpha value is -2.44. The van der Waals surface area contributed by atoms with Crippen molar-refractivity contribution in [1.82, 2.24) is 4.98 Å². The molecule has 0 spiro atoms. The summed E-state index contributed by atoms with van der Waals surface area (Å²) in [7, 11) is 0. The van der Waals surface area contributed by atoms with Crippen molar-refractivity contribution in [3.8, 4) is 0 Å². The molecule has 2 rings (SSSR count). The standard InChI is InChI=1S/C13H15N3O4/c1-4-8-5-6-9(14-7-8)15-16-10-11(17)19-13(2,3)20-12(10)18/h5-7,17H,4H2,1-3H3. The summed E-state index contributed by atoms with van der Waals surface area (Å²) >= 11 is 0. The van der Waals surface area contributed by atoms with Crippen LogP contribution in [0.5, 0.6) is 0 Å². The van der Waals surface area contributed by atoms with Crippen LogP contribution >= 0.6 is 0 Å². The third-order valence-corrected chi connectivity index (χ3v) is 2.55. The minimum absolute atomic E-state index is 0.320. The van der Waals surface area contributed by atoms with Gasteiger partial charge in [0.2, 0.25) is 0 Å². The Morgan fingerprint density at radius 3 is 2.60 bits per heavy atom.